The largest absolute Gasteiger partial charge is 0.393 e. The molecule has 0 radical (unpaired) electrons. The van der Waals surface area contributed by atoms with Crippen molar-refractivity contribution in [2.45, 2.75) is 38.7 Å². The summed E-state index contributed by atoms with van der Waals surface area (Å²) in [5.41, 5.74) is 0.727. The number of halogens is 2. The van der Waals surface area contributed by atoms with Crippen LogP contribution in [0.1, 0.15) is 43.5 Å². The number of aliphatic hydroxyl groups is 1. The highest BCUT2D eigenvalue weighted by atomic mass is 35.5. The lowest BCUT2D eigenvalue weighted by molar-refractivity contribution is 0.141. The molecule has 1 N–H and O–H groups in total. The highest BCUT2D eigenvalue weighted by Gasteiger charge is 2.22. The van der Waals surface area contributed by atoms with Crippen molar-refractivity contribution in [3.8, 4) is 0 Å². The van der Waals surface area contributed by atoms with E-state index in [9.17, 15) is 9.50 Å². The molecule has 0 saturated carbocycles. The van der Waals surface area contributed by atoms with E-state index >= 15 is 0 Å². The molecule has 1 aromatic carbocycles. The highest BCUT2D eigenvalue weighted by molar-refractivity contribution is 6.31. The Labute approximate surface area is 121 Å². The van der Waals surface area contributed by atoms with Crippen molar-refractivity contribution >= 4 is 11.6 Å². The molecule has 1 aromatic heterocycles. The molecule has 0 fully saturated rings. The Morgan fingerprint density at radius 3 is 2.80 bits per heavy atom. The quantitative estimate of drug-likeness (QED) is 0.920. The summed E-state index contributed by atoms with van der Waals surface area (Å²) < 4.78 is 18.1. The predicted octanol–water partition coefficient (Wildman–Crippen LogP) is 3.33. The van der Waals surface area contributed by atoms with E-state index in [1.54, 1.807) is 13.0 Å². The van der Waals surface area contributed by atoms with Gasteiger partial charge in [0.05, 0.1) is 12.0 Å². The first-order chi connectivity index (χ1) is 9.51. The van der Waals surface area contributed by atoms with Gasteiger partial charge in [-0.2, -0.15) is 4.98 Å². The van der Waals surface area contributed by atoms with E-state index in [0.717, 1.165) is 5.56 Å². The van der Waals surface area contributed by atoms with Crippen LogP contribution in [0.5, 0.6) is 0 Å². The van der Waals surface area contributed by atoms with Crippen LogP contribution in [-0.4, -0.2) is 21.4 Å². The molecule has 0 aliphatic heterocycles. The van der Waals surface area contributed by atoms with E-state index in [2.05, 4.69) is 10.1 Å². The molecular weight excluding hydrogens is 283 g/mol. The van der Waals surface area contributed by atoms with Gasteiger partial charge in [0.1, 0.15) is 5.82 Å². The smallest absolute Gasteiger partial charge is 0.232 e. The van der Waals surface area contributed by atoms with Crippen LogP contribution < -0.4 is 0 Å². The molecule has 6 heteroatoms. The van der Waals surface area contributed by atoms with Gasteiger partial charge in [-0.05, 0) is 31.0 Å². The lowest BCUT2D eigenvalue weighted by Gasteiger charge is -2.12. The van der Waals surface area contributed by atoms with Gasteiger partial charge in [-0.3, -0.25) is 0 Å². The second-order valence-corrected chi connectivity index (χ2v) is 5.12. The molecule has 0 spiro atoms. The summed E-state index contributed by atoms with van der Waals surface area (Å²) in [4.78, 5) is 4.27. The summed E-state index contributed by atoms with van der Waals surface area (Å²) >= 11 is 5.96. The number of aliphatic hydroxyl groups excluding tert-OH is 1. The Bertz CT molecular complexity index is 586. The van der Waals surface area contributed by atoms with E-state index < -0.39 is 6.10 Å². The van der Waals surface area contributed by atoms with E-state index in [0.29, 0.717) is 29.6 Å². The van der Waals surface area contributed by atoms with Gasteiger partial charge in [-0.25, -0.2) is 4.39 Å². The monoisotopic (exact) mass is 298 g/mol. The van der Waals surface area contributed by atoms with Crippen molar-refractivity contribution in [1.82, 2.24) is 10.1 Å². The zero-order valence-electron chi connectivity index (χ0n) is 11.3. The minimum absolute atomic E-state index is 0.181. The van der Waals surface area contributed by atoms with Crippen molar-refractivity contribution in [3.05, 3.63) is 46.3 Å². The maximum absolute atomic E-state index is 13.0. The third-order valence-corrected chi connectivity index (χ3v) is 3.54. The molecule has 0 aliphatic carbocycles. The summed E-state index contributed by atoms with van der Waals surface area (Å²) in [6.45, 7) is 3.63. The number of hydrogen-bond acceptors (Lipinski definition) is 4. The predicted molar refractivity (Wildman–Crippen MR) is 73.2 cm³/mol. The number of nitrogens with zero attached hydrogens (tertiary/aromatic N) is 2. The van der Waals surface area contributed by atoms with Gasteiger partial charge >= 0.3 is 0 Å². The maximum atomic E-state index is 13.0. The SMILES string of the molecule is CCC(c1nc(Cc2ccc(F)cc2Cl)no1)C(C)O. The van der Waals surface area contributed by atoms with Crippen LogP contribution in [0.4, 0.5) is 4.39 Å². The number of hydrogen-bond donors (Lipinski definition) is 1. The molecule has 20 heavy (non-hydrogen) atoms. The highest BCUT2D eigenvalue weighted by Crippen LogP contribution is 2.23. The van der Waals surface area contributed by atoms with Crippen LogP contribution in [-0.2, 0) is 6.42 Å². The van der Waals surface area contributed by atoms with Gasteiger partial charge in [0.25, 0.3) is 0 Å². The minimum Gasteiger partial charge on any atom is -0.393 e. The van der Waals surface area contributed by atoms with Gasteiger partial charge in [-0.15, -0.1) is 0 Å². The van der Waals surface area contributed by atoms with Crippen LogP contribution in [0.3, 0.4) is 0 Å². The van der Waals surface area contributed by atoms with Crippen LogP contribution >= 0.6 is 11.6 Å². The van der Waals surface area contributed by atoms with E-state index in [1.165, 1.54) is 12.1 Å². The summed E-state index contributed by atoms with van der Waals surface area (Å²) in [6, 6.07) is 4.19. The van der Waals surface area contributed by atoms with Crippen molar-refractivity contribution in [2.75, 3.05) is 0 Å². The Morgan fingerprint density at radius 2 is 2.20 bits per heavy atom. The fourth-order valence-corrected chi connectivity index (χ4v) is 2.28. The van der Waals surface area contributed by atoms with Crippen molar-refractivity contribution in [2.24, 2.45) is 0 Å². The van der Waals surface area contributed by atoms with Gasteiger partial charge in [-0.1, -0.05) is 29.7 Å². The zero-order chi connectivity index (χ0) is 14.7. The lowest BCUT2D eigenvalue weighted by atomic mass is 10.0. The molecule has 0 aliphatic rings. The van der Waals surface area contributed by atoms with Gasteiger partial charge < -0.3 is 9.63 Å². The summed E-state index contributed by atoms with van der Waals surface area (Å²) in [7, 11) is 0. The van der Waals surface area contributed by atoms with Crippen molar-refractivity contribution < 1.29 is 14.0 Å². The summed E-state index contributed by atoms with van der Waals surface area (Å²) in [5, 5.41) is 13.9. The molecular formula is C14H16ClFN2O2. The van der Waals surface area contributed by atoms with Crippen LogP contribution in [0, 0.1) is 5.82 Å². The first kappa shape index (κ1) is 14.9. The minimum atomic E-state index is -0.553. The van der Waals surface area contributed by atoms with Crippen LogP contribution in [0.25, 0.3) is 0 Å². The number of rotatable bonds is 5. The third kappa shape index (κ3) is 3.35. The average Bonchev–Trinajstić information content (AvgIpc) is 2.81. The molecule has 0 amide bonds. The third-order valence-electron chi connectivity index (χ3n) is 3.19. The lowest BCUT2D eigenvalue weighted by Crippen LogP contribution is -2.14. The molecule has 0 saturated heterocycles. The first-order valence-electron chi connectivity index (χ1n) is 6.45. The molecule has 2 atom stereocenters. The molecule has 108 valence electrons. The fraction of sp³-hybridized carbons (Fsp3) is 0.429. The van der Waals surface area contributed by atoms with E-state index in [1.807, 2.05) is 6.92 Å². The molecule has 2 unspecified atom stereocenters. The second kappa shape index (κ2) is 6.33. The van der Waals surface area contributed by atoms with Crippen molar-refractivity contribution in [1.29, 1.82) is 0 Å². The van der Waals surface area contributed by atoms with Crippen molar-refractivity contribution in [3.63, 3.8) is 0 Å². The Balaban J connectivity index is 2.17. The number of benzene rings is 1. The Kier molecular flexibility index (Phi) is 4.73. The van der Waals surface area contributed by atoms with Crippen LogP contribution in [0.15, 0.2) is 22.7 Å². The topological polar surface area (TPSA) is 59.2 Å². The second-order valence-electron chi connectivity index (χ2n) is 4.72. The molecule has 2 rings (SSSR count). The van der Waals surface area contributed by atoms with E-state index in [-0.39, 0.29) is 11.7 Å². The molecule has 4 nitrogen and oxygen atoms in total. The Morgan fingerprint density at radius 1 is 1.45 bits per heavy atom. The van der Waals surface area contributed by atoms with Gasteiger partial charge in [0.2, 0.25) is 5.89 Å². The normalized spacial score (nSPS) is 14.2. The first-order valence-corrected chi connectivity index (χ1v) is 6.83. The molecule has 2 aromatic rings. The Hall–Kier alpha value is -1.46. The standard InChI is InChI=1S/C14H16ClFN2O2/c1-3-11(8(2)19)14-17-13(18-20-14)6-9-4-5-10(16)7-12(9)15/h4-5,7-8,11,19H,3,6H2,1-2H3. The molecule has 1 heterocycles. The summed E-state index contributed by atoms with van der Waals surface area (Å²) in [6.07, 6.45) is 0.512. The maximum Gasteiger partial charge on any atom is 0.232 e. The van der Waals surface area contributed by atoms with Crippen LogP contribution in [0.2, 0.25) is 5.02 Å². The molecule has 0 bridgehead atoms. The fourth-order valence-electron chi connectivity index (χ4n) is 2.05. The number of aromatic nitrogens is 2. The zero-order valence-corrected chi connectivity index (χ0v) is 12.1. The van der Waals surface area contributed by atoms with Gasteiger partial charge in [0, 0.05) is 11.4 Å². The average molecular weight is 299 g/mol. The summed E-state index contributed by atoms with van der Waals surface area (Å²) in [5.74, 6) is 0.316. The van der Waals surface area contributed by atoms with Gasteiger partial charge in [0.15, 0.2) is 5.82 Å². The van der Waals surface area contributed by atoms with E-state index in [4.69, 9.17) is 16.1 Å².